The van der Waals surface area contributed by atoms with Crippen LogP contribution in [0.1, 0.15) is 18.9 Å². The summed E-state index contributed by atoms with van der Waals surface area (Å²) in [5, 5.41) is 14.7. The van der Waals surface area contributed by atoms with Crippen molar-refractivity contribution in [2.45, 2.75) is 25.3 Å². The molecule has 0 fully saturated rings. The van der Waals surface area contributed by atoms with Crippen molar-refractivity contribution in [3.63, 3.8) is 0 Å². The van der Waals surface area contributed by atoms with Crippen LogP contribution in [0, 0.1) is 0 Å². The summed E-state index contributed by atoms with van der Waals surface area (Å²) in [6, 6.07) is 15.9. The van der Waals surface area contributed by atoms with Crippen molar-refractivity contribution in [3.8, 4) is 0 Å². The number of thiazole rings is 1. The Morgan fingerprint density at radius 2 is 1.75 bits per heavy atom. The predicted molar refractivity (Wildman–Crippen MR) is 126 cm³/mol. The van der Waals surface area contributed by atoms with Gasteiger partial charge in [0, 0.05) is 34.7 Å². The van der Waals surface area contributed by atoms with Gasteiger partial charge >= 0.3 is 0 Å². The van der Waals surface area contributed by atoms with Gasteiger partial charge < -0.3 is 10.0 Å². The molecule has 3 aromatic rings. The minimum atomic E-state index is -0.731. The molecule has 5 nitrogen and oxygen atoms in total. The Hall–Kier alpha value is -3.16. The number of carbonyl (C=O) groups is 2. The molecular formula is C25H20N2O3S2. The number of carbonyl (C=O) groups excluding carboxylic acids is 2. The van der Waals surface area contributed by atoms with Gasteiger partial charge in [0.15, 0.2) is 0 Å². The lowest BCUT2D eigenvalue weighted by Crippen LogP contribution is -2.33. The molecular weight excluding hydrogens is 440 g/mol. The molecule has 0 unspecified atom stereocenters. The number of hydrogen-bond donors (Lipinski definition) is 0. The maximum atomic E-state index is 13.2. The standard InChI is InChI=1S/C25H20N2O3S2/c1-3-26-17-9-5-7-11-19(17)31-21(26)13-15-23(28)16(25(30)24(15)29)14-22-27(4-2)18-10-6-8-12-20(18)32-22/h5-14H,3-4H2,1-2H3. The Bertz CT molecular complexity index is 1380. The molecule has 0 saturated heterocycles. The average molecular weight is 461 g/mol. The molecule has 5 rings (SSSR count). The van der Waals surface area contributed by atoms with Crippen molar-refractivity contribution in [2.24, 2.45) is 0 Å². The highest BCUT2D eigenvalue weighted by molar-refractivity contribution is 8.03. The van der Waals surface area contributed by atoms with E-state index in [0.29, 0.717) is 13.1 Å². The van der Waals surface area contributed by atoms with E-state index in [1.807, 2.05) is 62.4 Å². The number of aryl methyl sites for hydroxylation is 1. The lowest BCUT2D eigenvalue weighted by atomic mass is 10.2. The number of allylic oxidation sites excluding steroid dienone is 3. The lowest BCUT2D eigenvalue weighted by Gasteiger charge is -2.18. The van der Waals surface area contributed by atoms with Crippen LogP contribution in [0.15, 0.2) is 81.4 Å². The molecule has 0 bridgehead atoms. The number of para-hydroxylation sites is 2. The fraction of sp³-hybridized carbons (Fsp3) is 0.160. The molecule has 32 heavy (non-hydrogen) atoms. The highest BCUT2D eigenvalue weighted by Crippen LogP contribution is 2.46. The zero-order valence-corrected chi connectivity index (χ0v) is 19.3. The van der Waals surface area contributed by atoms with E-state index in [0.717, 1.165) is 30.8 Å². The molecule has 0 saturated carbocycles. The smallest absolute Gasteiger partial charge is 0.263 e. The topological polar surface area (TPSA) is 64.3 Å². The quantitative estimate of drug-likeness (QED) is 0.336. The van der Waals surface area contributed by atoms with E-state index >= 15 is 0 Å². The number of rotatable bonds is 4. The van der Waals surface area contributed by atoms with E-state index in [4.69, 9.17) is 0 Å². The summed E-state index contributed by atoms with van der Waals surface area (Å²) in [6.45, 7) is 5.42. The third-order valence-electron chi connectivity index (χ3n) is 5.63. The van der Waals surface area contributed by atoms with Crippen LogP contribution in [0.2, 0.25) is 0 Å². The summed E-state index contributed by atoms with van der Waals surface area (Å²) in [5.41, 5.74) is 1.97. The first-order chi connectivity index (χ1) is 15.5. The predicted octanol–water partition coefficient (Wildman–Crippen LogP) is 3.83. The van der Waals surface area contributed by atoms with E-state index in [9.17, 15) is 14.7 Å². The van der Waals surface area contributed by atoms with Gasteiger partial charge in [-0.15, -0.1) is 0 Å². The lowest BCUT2D eigenvalue weighted by molar-refractivity contribution is -0.665. The highest BCUT2D eigenvalue weighted by Gasteiger charge is 2.33. The van der Waals surface area contributed by atoms with Gasteiger partial charge in [-0.25, -0.2) is 0 Å². The van der Waals surface area contributed by atoms with E-state index in [1.54, 1.807) is 12.2 Å². The van der Waals surface area contributed by atoms with Crippen LogP contribution < -0.4 is 14.6 Å². The molecule has 0 N–H and O–H groups in total. The second-order valence-electron chi connectivity index (χ2n) is 7.41. The SMILES string of the molecule is CCN1/C(=C/C2=C([O-])C(=C\c3sc4ccccc4[n+]3CC)/C(=O)C2=O)Sc2ccccc21. The summed E-state index contributed by atoms with van der Waals surface area (Å²) in [6.07, 6.45) is 3.16. The number of ketones is 2. The van der Waals surface area contributed by atoms with Crippen LogP contribution >= 0.6 is 23.1 Å². The van der Waals surface area contributed by atoms with Crippen LogP contribution in [0.3, 0.4) is 0 Å². The molecule has 7 heteroatoms. The van der Waals surface area contributed by atoms with E-state index < -0.39 is 17.3 Å². The van der Waals surface area contributed by atoms with Crippen molar-refractivity contribution in [1.29, 1.82) is 0 Å². The van der Waals surface area contributed by atoms with E-state index in [2.05, 4.69) is 9.47 Å². The second kappa shape index (κ2) is 8.07. The highest BCUT2D eigenvalue weighted by atomic mass is 32.2. The first-order valence-electron chi connectivity index (χ1n) is 10.4. The number of thioether (sulfide) groups is 1. The molecule has 0 amide bonds. The van der Waals surface area contributed by atoms with Crippen molar-refractivity contribution in [2.75, 3.05) is 11.4 Å². The molecule has 1 aliphatic heterocycles. The monoisotopic (exact) mass is 460 g/mol. The van der Waals surface area contributed by atoms with Crippen LogP contribution in [-0.4, -0.2) is 18.1 Å². The average Bonchev–Trinajstić information content (AvgIpc) is 3.41. The number of anilines is 1. The molecule has 0 atom stereocenters. The van der Waals surface area contributed by atoms with Crippen molar-refractivity contribution < 1.29 is 19.3 Å². The summed E-state index contributed by atoms with van der Waals surface area (Å²) < 4.78 is 3.12. The minimum absolute atomic E-state index is 0.0563. The third kappa shape index (κ3) is 3.20. The van der Waals surface area contributed by atoms with Crippen molar-refractivity contribution in [1.82, 2.24) is 0 Å². The fourth-order valence-corrected chi connectivity index (χ4v) is 6.42. The van der Waals surface area contributed by atoms with E-state index in [1.165, 1.54) is 23.1 Å². The number of aromatic nitrogens is 1. The van der Waals surface area contributed by atoms with Gasteiger partial charge in [0.2, 0.25) is 17.1 Å². The first kappa shape index (κ1) is 20.7. The first-order valence-corrected chi connectivity index (χ1v) is 12.1. The molecule has 2 aromatic carbocycles. The van der Waals surface area contributed by atoms with E-state index in [-0.39, 0.29) is 11.1 Å². The largest absolute Gasteiger partial charge is 0.871 e. The molecule has 2 heterocycles. The van der Waals surface area contributed by atoms with Crippen LogP contribution in [0.25, 0.3) is 16.3 Å². The zero-order valence-electron chi connectivity index (χ0n) is 17.6. The number of hydrogen-bond acceptors (Lipinski definition) is 6. The van der Waals surface area contributed by atoms with Gasteiger partial charge in [-0.05, 0) is 38.1 Å². The van der Waals surface area contributed by atoms with Crippen molar-refractivity contribution in [3.05, 3.63) is 81.5 Å². The van der Waals surface area contributed by atoms with Gasteiger partial charge in [-0.3, -0.25) is 9.59 Å². The molecule has 2 aliphatic rings. The molecule has 160 valence electrons. The molecule has 0 spiro atoms. The van der Waals surface area contributed by atoms with Gasteiger partial charge in [-0.1, -0.05) is 53.1 Å². The maximum absolute atomic E-state index is 13.2. The Morgan fingerprint density at radius 1 is 1.00 bits per heavy atom. The Kier molecular flexibility index (Phi) is 5.23. The van der Waals surface area contributed by atoms with Gasteiger partial charge in [-0.2, -0.15) is 4.57 Å². The van der Waals surface area contributed by atoms with Gasteiger partial charge in [0.05, 0.1) is 10.7 Å². The minimum Gasteiger partial charge on any atom is -0.871 e. The second-order valence-corrected chi connectivity index (χ2v) is 9.53. The number of fused-ring (bicyclic) bond motifs is 2. The summed E-state index contributed by atoms with van der Waals surface area (Å²) >= 11 is 3.01. The van der Waals surface area contributed by atoms with Gasteiger partial charge in [0.25, 0.3) is 5.01 Å². The zero-order chi connectivity index (χ0) is 22.4. The summed E-state index contributed by atoms with van der Waals surface area (Å²) in [7, 11) is 0. The van der Waals surface area contributed by atoms with Crippen molar-refractivity contribution >= 4 is 56.6 Å². The molecule has 1 aromatic heterocycles. The normalized spacial score (nSPS) is 18.6. The molecule has 1 aliphatic carbocycles. The number of nitrogens with zero attached hydrogens (tertiary/aromatic N) is 2. The Balaban J connectivity index is 1.59. The summed E-state index contributed by atoms with van der Waals surface area (Å²) in [4.78, 5) is 28.7. The number of benzene rings is 2. The van der Waals surface area contributed by atoms with Crippen LogP contribution in [0.4, 0.5) is 5.69 Å². The maximum Gasteiger partial charge on any atom is 0.263 e. The Morgan fingerprint density at radius 3 is 2.53 bits per heavy atom. The Labute approximate surface area is 194 Å². The number of Topliss-reactive ketones (excluding diaryl/α,β-unsaturated/α-hetero) is 2. The fourth-order valence-electron chi connectivity index (χ4n) is 4.08. The third-order valence-corrected chi connectivity index (χ3v) is 7.85. The van der Waals surface area contributed by atoms with Crippen LogP contribution in [-0.2, 0) is 16.1 Å². The van der Waals surface area contributed by atoms with Crippen LogP contribution in [0.5, 0.6) is 0 Å². The summed E-state index contributed by atoms with van der Waals surface area (Å²) in [5.74, 6) is -1.96. The molecule has 0 radical (unpaired) electrons. The van der Waals surface area contributed by atoms with Gasteiger partial charge in [0.1, 0.15) is 11.2 Å².